The molecule has 1 saturated heterocycles. The van der Waals surface area contributed by atoms with Crippen molar-refractivity contribution in [1.82, 2.24) is 20.1 Å². The Labute approximate surface area is 146 Å². The van der Waals surface area contributed by atoms with Crippen LogP contribution in [0.25, 0.3) is 0 Å². The lowest BCUT2D eigenvalue weighted by Crippen LogP contribution is -2.38. The van der Waals surface area contributed by atoms with Crippen molar-refractivity contribution in [3.63, 3.8) is 0 Å². The number of H-pyrrole nitrogens is 1. The smallest absolute Gasteiger partial charge is 0.226 e. The van der Waals surface area contributed by atoms with Crippen molar-refractivity contribution < 1.29 is 9.53 Å². The SMILES string of the molecule is Cc1n[nH]c(=S)n1CCNC(=O)[C@H]1CCCO[C@@H]1c1ccccc1. The molecular formula is C17H22N4O2S. The average Bonchev–Trinajstić information content (AvgIpc) is 2.94. The van der Waals surface area contributed by atoms with Gasteiger partial charge in [-0.2, -0.15) is 5.10 Å². The van der Waals surface area contributed by atoms with Gasteiger partial charge in [-0.25, -0.2) is 0 Å². The number of nitrogens with zero attached hydrogens (tertiary/aromatic N) is 2. The summed E-state index contributed by atoms with van der Waals surface area (Å²) >= 11 is 5.17. The number of aromatic amines is 1. The average molecular weight is 346 g/mol. The molecule has 1 aromatic heterocycles. The number of ether oxygens (including phenoxy) is 1. The third-order valence-corrected chi connectivity index (χ3v) is 4.68. The minimum atomic E-state index is -0.169. The third kappa shape index (κ3) is 3.73. The molecule has 1 aliphatic rings. The fraction of sp³-hybridized carbons (Fsp3) is 0.471. The van der Waals surface area contributed by atoms with Crippen LogP contribution >= 0.6 is 12.2 Å². The van der Waals surface area contributed by atoms with Gasteiger partial charge in [0.1, 0.15) is 5.82 Å². The maximum absolute atomic E-state index is 12.6. The van der Waals surface area contributed by atoms with Gasteiger partial charge in [-0.3, -0.25) is 9.89 Å². The van der Waals surface area contributed by atoms with Crippen molar-refractivity contribution in [3.8, 4) is 0 Å². The predicted molar refractivity (Wildman–Crippen MR) is 93.0 cm³/mol. The molecular weight excluding hydrogens is 324 g/mol. The molecule has 6 nitrogen and oxygen atoms in total. The van der Waals surface area contributed by atoms with Gasteiger partial charge in [0, 0.05) is 19.7 Å². The molecule has 0 spiro atoms. The van der Waals surface area contributed by atoms with Gasteiger partial charge in [0.25, 0.3) is 0 Å². The highest BCUT2D eigenvalue weighted by Gasteiger charge is 2.32. The molecule has 0 saturated carbocycles. The summed E-state index contributed by atoms with van der Waals surface area (Å²) in [6, 6.07) is 9.96. The molecule has 7 heteroatoms. The highest BCUT2D eigenvalue weighted by atomic mass is 32.1. The summed E-state index contributed by atoms with van der Waals surface area (Å²) in [6.45, 7) is 3.71. The molecule has 1 aromatic carbocycles. The zero-order valence-electron chi connectivity index (χ0n) is 13.7. The zero-order chi connectivity index (χ0) is 16.9. The molecule has 2 N–H and O–H groups in total. The van der Waals surface area contributed by atoms with E-state index in [1.165, 1.54) is 0 Å². The van der Waals surface area contributed by atoms with Crippen LogP contribution in [0.3, 0.4) is 0 Å². The Bertz CT molecular complexity index is 741. The summed E-state index contributed by atoms with van der Waals surface area (Å²) in [7, 11) is 0. The number of aryl methyl sites for hydroxylation is 1. The summed E-state index contributed by atoms with van der Waals surface area (Å²) in [6.07, 6.45) is 1.58. The van der Waals surface area contributed by atoms with E-state index < -0.39 is 0 Å². The normalized spacial score (nSPS) is 20.7. The zero-order valence-corrected chi connectivity index (χ0v) is 14.5. The first-order valence-electron chi connectivity index (χ1n) is 8.23. The first kappa shape index (κ1) is 16.9. The highest BCUT2D eigenvalue weighted by molar-refractivity contribution is 7.71. The van der Waals surface area contributed by atoms with Crippen LogP contribution in [0.15, 0.2) is 30.3 Å². The van der Waals surface area contributed by atoms with E-state index in [1.54, 1.807) is 0 Å². The molecule has 0 radical (unpaired) electrons. The molecule has 1 fully saturated rings. The quantitative estimate of drug-likeness (QED) is 0.816. The molecule has 0 bridgehead atoms. The molecule has 3 rings (SSSR count). The predicted octanol–water partition coefficient (Wildman–Crippen LogP) is 2.53. The van der Waals surface area contributed by atoms with Crippen LogP contribution in [0.4, 0.5) is 0 Å². The van der Waals surface area contributed by atoms with Crippen molar-refractivity contribution in [2.75, 3.05) is 13.2 Å². The van der Waals surface area contributed by atoms with Crippen LogP contribution < -0.4 is 5.32 Å². The maximum Gasteiger partial charge on any atom is 0.226 e. The van der Waals surface area contributed by atoms with Crippen LogP contribution in [0.2, 0.25) is 0 Å². The van der Waals surface area contributed by atoms with Gasteiger partial charge in [-0.05, 0) is 37.5 Å². The summed E-state index contributed by atoms with van der Waals surface area (Å²) in [5.41, 5.74) is 1.06. The first-order valence-corrected chi connectivity index (χ1v) is 8.63. The number of amides is 1. The van der Waals surface area contributed by atoms with E-state index in [0.29, 0.717) is 24.5 Å². The second-order valence-electron chi connectivity index (χ2n) is 5.97. The van der Waals surface area contributed by atoms with Gasteiger partial charge >= 0.3 is 0 Å². The van der Waals surface area contributed by atoms with Crippen molar-refractivity contribution >= 4 is 18.1 Å². The Balaban J connectivity index is 1.61. The van der Waals surface area contributed by atoms with Crippen molar-refractivity contribution in [2.24, 2.45) is 5.92 Å². The summed E-state index contributed by atoms with van der Waals surface area (Å²) in [4.78, 5) is 12.6. The summed E-state index contributed by atoms with van der Waals surface area (Å²) in [5, 5.41) is 9.84. The van der Waals surface area contributed by atoms with E-state index in [0.717, 1.165) is 24.2 Å². The number of carbonyl (C=O) groups is 1. The molecule has 128 valence electrons. The highest BCUT2D eigenvalue weighted by Crippen LogP contribution is 2.33. The number of nitrogens with one attached hydrogen (secondary N) is 2. The molecule has 2 aromatic rings. The van der Waals surface area contributed by atoms with Gasteiger partial charge in [0.2, 0.25) is 5.91 Å². The minimum Gasteiger partial charge on any atom is -0.373 e. The lowest BCUT2D eigenvalue weighted by atomic mass is 9.89. The van der Waals surface area contributed by atoms with E-state index in [4.69, 9.17) is 17.0 Å². The van der Waals surface area contributed by atoms with E-state index in [9.17, 15) is 4.79 Å². The van der Waals surface area contributed by atoms with Crippen LogP contribution in [0.5, 0.6) is 0 Å². The molecule has 0 unspecified atom stereocenters. The van der Waals surface area contributed by atoms with Crippen LogP contribution in [0, 0.1) is 17.6 Å². The summed E-state index contributed by atoms with van der Waals surface area (Å²) < 4.78 is 8.34. The number of benzene rings is 1. The number of aromatic nitrogens is 3. The number of rotatable bonds is 5. The monoisotopic (exact) mass is 346 g/mol. The fourth-order valence-corrected chi connectivity index (χ4v) is 3.37. The van der Waals surface area contributed by atoms with E-state index >= 15 is 0 Å². The fourth-order valence-electron chi connectivity index (χ4n) is 3.10. The third-order valence-electron chi connectivity index (χ3n) is 4.37. The van der Waals surface area contributed by atoms with Crippen LogP contribution in [0.1, 0.15) is 30.3 Å². The minimum absolute atomic E-state index is 0.0382. The molecule has 1 amide bonds. The molecule has 0 aliphatic carbocycles. The molecule has 24 heavy (non-hydrogen) atoms. The Morgan fingerprint density at radius 1 is 1.46 bits per heavy atom. The van der Waals surface area contributed by atoms with Crippen molar-refractivity contribution in [3.05, 3.63) is 46.5 Å². The van der Waals surface area contributed by atoms with E-state index in [2.05, 4.69) is 15.5 Å². The second-order valence-corrected chi connectivity index (χ2v) is 6.36. The number of hydrogen-bond donors (Lipinski definition) is 2. The molecule has 2 atom stereocenters. The lowest BCUT2D eigenvalue weighted by molar-refractivity contribution is -0.134. The van der Waals surface area contributed by atoms with E-state index in [-0.39, 0.29) is 17.9 Å². The van der Waals surface area contributed by atoms with Crippen LogP contribution in [-0.4, -0.2) is 33.8 Å². The maximum atomic E-state index is 12.6. The second kappa shape index (κ2) is 7.72. The standard InChI is InChI=1S/C17H22N4O2S/c1-12-19-20-17(24)21(12)10-9-18-16(22)14-8-5-11-23-15(14)13-6-3-2-4-7-13/h2-4,6-7,14-15H,5,8-11H2,1H3,(H,18,22)(H,20,24)/t14-,15+/m0/s1. The van der Waals surface area contributed by atoms with Gasteiger partial charge in [0.05, 0.1) is 12.0 Å². The molecule has 1 aliphatic heterocycles. The van der Waals surface area contributed by atoms with Gasteiger partial charge in [-0.1, -0.05) is 30.3 Å². The summed E-state index contributed by atoms with van der Waals surface area (Å²) in [5.74, 6) is 0.702. The topological polar surface area (TPSA) is 71.9 Å². The lowest BCUT2D eigenvalue weighted by Gasteiger charge is -2.31. The van der Waals surface area contributed by atoms with Gasteiger partial charge in [-0.15, -0.1) is 0 Å². The Kier molecular flexibility index (Phi) is 5.42. The largest absolute Gasteiger partial charge is 0.373 e. The Morgan fingerprint density at radius 3 is 2.96 bits per heavy atom. The number of hydrogen-bond acceptors (Lipinski definition) is 4. The van der Waals surface area contributed by atoms with Gasteiger partial charge < -0.3 is 14.6 Å². The first-order chi connectivity index (χ1) is 11.7. The number of carbonyl (C=O) groups excluding carboxylic acids is 1. The Morgan fingerprint density at radius 2 is 2.25 bits per heavy atom. The van der Waals surface area contributed by atoms with Crippen molar-refractivity contribution in [1.29, 1.82) is 0 Å². The van der Waals surface area contributed by atoms with Crippen molar-refractivity contribution in [2.45, 2.75) is 32.4 Å². The van der Waals surface area contributed by atoms with Crippen LogP contribution in [-0.2, 0) is 16.1 Å². The van der Waals surface area contributed by atoms with Gasteiger partial charge in [0.15, 0.2) is 4.77 Å². The van der Waals surface area contributed by atoms with E-state index in [1.807, 2.05) is 41.8 Å². The Hall–Kier alpha value is -1.99. The molecule has 2 heterocycles.